The SMILES string of the molecule is CC/C=C\C/C=C\C/C=C\CCCCCCCC(=O)O[C@@H](COC(=O)CCC/C=C\C/C=C\C/C=C\CCCCCCCC)COC(=O)CCCCCCCCCCC/C=C\CCCCCCCC. The number of hydrogen-bond donors (Lipinski definition) is 0. The Labute approximate surface area is 426 Å². The van der Waals surface area contributed by atoms with Crippen molar-refractivity contribution in [3.05, 3.63) is 85.1 Å². The lowest BCUT2D eigenvalue weighted by atomic mass is 10.1. The second-order valence-electron chi connectivity index (χ2n) is 19.2. The molecule has 1 atom stereocenters. The summed E-state index contributed by atoms with van der Waals surface area (Å²) in [6.07, 6.45) is 74.4. The minimum Gasteiger partial charge on any atom is -0.462 e. The first-order valence-electron chi connectivity index (χ1n) is 29.1. The van der Waals surface area contributed by atoms with Gasteiger partial charge in [-0.3, -0.25) is 14.4 Å². The lowest BCUT2D eigenvalue weighted by molar-refractivity contribution is -0.167. The van der Waals surface area contributed by atoms with Crippen LogP contribution >= 0.6 is 0 Å². The van der Waals surface area contributed by atoms with E-state index in [0.717, 1.165) is 96.3 Å². The second kappa shape index (κ2) is 57.2. The van der Waals surface area contributed by atoms with Crippen LogP contribution in [0.25, 0.3) is 0 Å². The average molecular weight is 962 g/mol. The molecule has 0 spiro atoms. The summed E-state index contributed by atoms with van der Waals surface area (Å²) < 4.78 is 16.8. The molecule has 0 aliphatic carbocycles. The van der Waals surface area contributed by atoms with Crippen molar-refractivity contribution in [2.75, 3.05) is 13.2 Å². The van der Waals surface area contributed by atoms with Crippen molar-refractivity contribution in [1.29, 1.82) is 0 Å². The molecule has 0 aromatic carbocycles. The number of carbonyl (C=O) groups excluding carboxylic acids is 3. The van der Waals surface area contributed by atoms with E-state index in [4.69, 9.17) is 14.2 Å². The van der Waals surface area contributed by atoms with Crippen LogP contribution in [0.5, 0.6) is 0 Å². The molecule has 0 fully saturated rings. The van der Waals surface area contributed by atoms with Gasteiger partial charge in [-0.1, -0.05) is 234 Å². The first-order chi connectivity index (χ1) is 34.0. The zero-order valence-electron chi connectivity index (χ0n) is 45.3. The van der Waals surface area contributed by atoms with Crippen LogP contribution in [-0.2, 0) is 28.6 Å². The zero-order chi connectivity index (χ0) is 50.0. The number of carbonyl (C=O) groups is 3. The minimum absolute atomic E-state index is 0.100. The van der Waals surface area contributed by atoms with Crippen molar-refractivity contribution in [1.82, 2.24) is 0 Å². The zero-order valence-corrected chi connectivity index (χ0v) is 45.3. The number of rotatable bonds is 52. The molecule has 0 radical (unpaired) electrons. The number of esters is 3. The van der Waals surface area contributed by atoms with Gasteiger partial charge in [0.15, 0.2) is 6.10 Å². The van der Waals surface area contributed by atoms with Crippen molar-refractivity contribution in [2.24, 2.45) is 0 Å². The molecule has 0 N–H and O–H groups in total. The van der Waals surface area contributed by atoms with Gasteiger partial charge in [0.25, 0.3) is 0 Å². The average Bonchev–Trinajstić information content (AvgIpc) is 3.35. The molecular weight excluding hydrogens is 853 g/mol. The van der Waals surface area contributed by atoms with Crippen LogP contribution in [0, 0.1) is 0 Å². The van der Waals surface area contributed by atoms with E-state index in [-0.39, 0.29) is 37.5 Å². The summed E-state index contributed by atoms with van der Waals surface area (Å²) in [5.41, 5.74) is 0. The molecule has 0 aliphatic rings. The highest BCUT2D eigenvalue weighted by molar-refractivity contribution is 5.71. The molecule has 6 nitrogen and oxygen atoms in total. The summed E-state index contributed by atoms with van der Waals surface area (Å²) in [5.74, 6) is -0.968. The molecule has 0 saturated heterocycles. The highest BCUT2D eigenvalue weighted by Gasteiger charge is 2.19. The highest BCUT2D eigenvalue weighted by Crippen LogP contribution is 2.15. The number of allylic oxidation sites excluding steroid dienone is 14. The van der Waals surface area contributed by atoms with Crippen molar-refractivity contribution in [2.45, 2.75) is 284 Å². The normalized spacial score (nSPS) is 12.7. The van der Waals surface area contributed by atoms with Crippen LogP contribution in [0.15, 0.2) is 85.1 Å². The topological polar surface area (TPSA) is 78.9 Å². The molecule has 0 heterocycles. The Morgan fingerprint density at radius 3 is 0.957 bits per heavy atom. The first-order valence-corrected chi connectivity index (χ1v) is 29.1. The van der Waals surface area contributed by atoms with Crippen LogP contribution in [-0.4, -0.2) is 37.2 Å². The van der Waals surface area contributed by atoms with Gasteiger partial charge in [0.2, 0.25) is 0 Å². The third-order valence-electron chi connectivity index (χ3n) is 12.4. The Kier molecular flexibility index (Phi) is 54.3. The molecule has 0 rings (SSSR count). The summed E-state index contributed by atoms with van der Waals surface area (Å²) >= 11 is 0. The van der Waals surface area contributed by atoms with E-state index in [1.54, 1.807) is 0 Å². The summed E-state index contributed by atoms with van der Waals surface area (Å²) in [4.78, 5) is 38.1. The Morgan fingerprint density at radius 1 is 0.304 bits per heavy atom. The number of unbranched alkanes of at least 4 members (excludes halogenated alkanes) is 27. The maximum absolute atomic E-state index is 12.8. The van der Waals surface area contributed by atoms with Gasteiger partial charge < -0.3 is 14.2 Å². The molecule has 69 heavy (non-hydrogen) atoms. The fraction of sp³-hybridized carbons (Fsp3) is 0.730. The monoisotopic (exact) mass is 961 g/mol. The molecule has 0 unspecified atom stereocenters. The van der Waals surface area contributed by atoms with Gasteiger partial charge in [-0.05, 0) is 109 Å². The van der Waals surface area contributed by atoms with E-state index in [9.17, 15) is 14.4 Å². The minimum atomic E-state index is -0.807. The summed E-state index contributed by atoms with van der Waals surface area (Å²) in [6, 6.07) is 0. The fourth-order valence-electron chi connectivity index (χ4n) is 8.00. The lowest BCUT2D eigenvalue weighted by Crippen LogP contribution is -2.30. The molecule has 0 aliphatic heterocycles. The number of hydrogen-bond acceptors (Lipinski definition) is 6. The third-order valence-corrected chi connectivity index (χ3v) is 12.4. The van der Waals surface area contributed by atoms with Crippen molar-refractivity contribution >= 4 is 17.9 Å². The number of ether oxygens (including phenoxy) is 3. The van der Waals surface area contributed by atoms with E-state index >= 15 is 0 Å². The van der Waals surface area contributed by atoms with E-state index in [2.05, 4.69) is 106 Å². The van der Waals surface area contributed by atoms with Gasteiger partial charge in [-0.25, -0.2) is 0 Å². The van der Waals surface area contributed by atoms with Crippen molar-refractivity contribution < 1.29 is 28.6 Å². The van der Waals surface area contributed by atoms with Crippen LogP contribution in [0.4, 0.5) is 0 Å². The smallest absolute Gasteiger partial charge is 0.306 e. The molecular formula is C63H108O6. The quantitative estimate of drug-likeness (QED) is 0.0262. The van der Waals surface area contributed by atoms with Gasteiger partial charge in [-0.2, -0.15) is 0 Å². The van der Waals surface area contributed by atoms with Crippen LogP contribution in [0.1, 0.15) is 278 Å². The Bertz CT molecular complexity index is 1330. The van der Waals surface area contributed by atoms with Gasteiger partial charge in [0, 0.05) is 19.3 Å². The predicted molar refractivity (Wildman–Crippen MR) is 297 cm³/mol. The summed E-state index contributed by atoms with van der Waals surface area (Å²) in [6.45, 7) is 6.47. The first kappa shape index (κ1) is 65.6. The largest absolute Gasteiger partial charge is 0.462 e. The van der Waals surface area contributed by atoms with Gasteiger partial charge in [0.05, 0.1) is 0 Å². The van der Waals surface area contributed by atoms with E-state index in [0.29, 0.717) is 19.3 Å². The Morgan fingerprint density at radius 2 is 0.580 bits per heavy atom. The summed E-state index contributed by atoms with van der Waals surface area (Å²) in [5, 5.41) is 0. The van der Waals surface area contributed by atoms with Gasteiger partial charge in [0.1, 0.15) is 13.2 Å². The van der Waals surface area contributed by atoms with Gasteiger partial charge >= 0.3 is 17.9 Å². The van der Waals surface area contributed by atoms with Crippen LogP contribution < -0.4 is 0 Å². The maximum atomic E-state index is 12.8. The maximum Gasteiger partial charge on any atom is 0.306 e. The van der Waals surface area contributed by atoms with Crippen molar-refractivity contribution in [3.8, 4) is 0 Å². The highest BCUT2D eigenvalue weighted by atomic mass is 16.6. The second-order valence-corrected chi connectivity index (χ2v) is 19.2. The summed E-state index contributed by atoms with van der Waals surface area (Å²) in [7, 11) is 0. The lowest BCUT2D eigenvalue weighted by Gasteiger charge is -2.18. The standard InChI is InChI=1S/C63H108O6/c1-4-7-10-13-16-19-22-25-28-30-31-33-36-38-41-44-47-50-53-56-62(65)68-59-60(69-63(66)57-54-51-48-45-42-39-34-27-24-21-18-15-12-9-6-3)58-67-61(64)55-52-49-46-43-40-37-35-32-29-26-23-20-17-14-11-8-5-2/h9,12,18,21,25-29,34-35,37,43,46,60H,4-8,10-11,13-17,19-20,22-24,30-33,36,38-42,44-45,47-59H2,1-3H3/b12-9-,21-18-,28-25-,29-26-,34-27-,37-35-,46-43-/t60-/m0/s1. The van der Waals surface area contributed by atoms with Crippen LogP contribution in [0.3, 0.4) is 0 Å². The third kappa shape index (κ3) is 55.4. The molecule has 0 amide bonds. The van der Waals surface area contributed by atoms with Crippen molar-refractivity contribution in [3.63, 3.8) is 0 Å². The fourth-order valence-corrected chi connectivity index (χ4v) is 8.00. The molecule has 6 heteroatoms. The van der Waals surface area contributed by atoms with E-state index in [1.807, 2.05) is 0 Å². The molecule has 396 valence electrons. The predicted octanol–water partition coefficient (Wildman–Crippen LogP) is 19.5. The molecule has 0 saturated carbocycles. The Hall–Kier alpha value is -3.41. The van der Waals surface area contributed by atoms with Gasteiger partial charge in [-0.15, -0.1) is 0 Å². The van der Waals surface area contributed by atoms with Crippen LogP contribution in [0.2, 0.25) is 0 Å². The van der Waals surface area contributed by atoms with E-state index in [1.165, 1.54) is 135 Å². The molecule has 0 aromatic heterocycles. The van der Waals surface area contributed by atoms with E-state index < -0.39 is 6.10 Å². The molecule has 0 bridgehead atoms. The molecule has 0 aromatic rings. The Balaban J connectivity index is 4.45.